The van der Waals surface area contributed by atoms with Gasteiger partial charge in [0.25, 0.3) is 5.91 Å². The topological polar surface area (TPSA) is 93.2 Å². The molecule has 122 valence electrons. The van der Waals surface area contributed by atoms with E-state index >= 15 is 0 Å². The number of rotatable bonds is 6. The van der Waals surface area contributed by atoms with Crippen molar-refractivity contribution in [1.29, 1.82) is 0 Å². The van der Waals surface area contributed by atoms with Gasteiger partial charge < -0.3 is 4.74 Å². The molecule has 0 radical (unpaired) electrons. The van der Waals surface area contributed by atoms with Crippen LogP contribution in [0.1, 0.15) is 28.9 Å². The van der Waals surface area contributed by atoms with Gasteiger partial charge in [-0.15, -0.1) is 0 Å². The van der Waals surface area contributed by atoms with Crippen molar-refractivity contribution < 1.29 is 14.3 Å². The van der Waals surface area contributed by atoms with E-state index in [1.54, 1.807) is 12.1 Å². The molecule has 2 N–H and O–H groups in total. The molecular formula is C14H15ClN4O3S. The fourth-order valence-electron chi connectivity index (χ4n) is 1.71. The number of benzene rings is 1. The van der Waals surface area contributed by atoms with Crippen molar-refractivity contribution >= 4 is 35.1 Å². The van der Waals surface area contributed by atoms with Crippen molar-refractivity contribution in [1.82, 2.24) is 19.6 Å². The van der Waals surface area contributed by atoms with E-state index in [2.05, 4.69) is 19.6 Å². The number of hydrogen-bond acceptors (Lipinski definition) is 6. The molecule has 0 bridgehead atoms. The van der Waals surface area contributed by atoms with Crippen LogP contribution < -0.4 is 15.6 Å². The number of carbonyl (C=O) groups excluding carboxylic acids is 2. The van der Waals surface area contributed by atoms with Crippen LogP contribution in [0.15, 0.2) is 24.4 Å². The number of nitrogens with zero attached hydrogens (tertiary/aromatic N) is 2. The number of nitrogens with one attached hydrogen (secondary N) is 2. The fourth-order valence-corrected chi connectivity index (χ4v) is 2.35. The van der Waals surface area contributed by atoms with E-state index in [-0.39, 0.29) is 18.0 Å². The molecule has 1 aromatic heterocycles. The molecule has 2 aromatic rings. The van der Waals surface area contributed by atoms with E-state index in [1.165, 1.54) is 6.20 Å². The predicted octanol–water partition coefficient (Wildman–Crippen LogP) is 2.12. The molecule has 7 nitrogen and oxygen atoms in total. The average molecular weight is 355 g/mol. The summed E-state index contributed by atoms with van der Waals surface area (Å²) in [6.45, 7) is 2.29. The van der Waals surface area contributed by atoms with Crippen LogP contribution in [0.4, 0.5) is 0 Å². The number of halogens is 1. The first-order valence-corrected chi connectivity index (χ1v) is 7.93. The average Bonchev–Trinajstić information content (AvgIpc) is 3.05. The van der Waals surface area contributed by atoms with Gasteiger partial charge in [-0.3, -0.25) is 20.4 Å². The van der Waals surface area contributed by atoms with Gasteiger partial charge in [0.15, 0.2) is 5.69 Å². The molecule has 0 aliphatic heterocycles. The van der Waals surface area contributed by atoms with Crippen LogP contribution >= 0.6 is 23.3 Å². The lowest BCUT2D eigenvalue weighted by atomic mass is 10.2. The third kappa shape index (κ3) is 5.50. The van der Waals surface area contributed by atoms with Gasteiger partial charge in [-0.2, -0.15) is 8.75 Å². The van der Waals surface area contributed by atoms with Crippen LogP contribution in [0.5, 0.6) is 5.75 Å². The standard InChI is InChI=1S/C14H15ClN4O3S/c1-9-7-10(15)4-5-12(9)22-6-2-3-13(20)17-18-14(21)11-8-16-23-19-11/h4-5,7-8H,2-3,6H2,1H3,(H,17,20)(H,18,21). The summed E-state index contributed by atoms with van der Waals surface area (Å²) in [7, 11) is 0. The second kappa shape index (κ2) is 8.44. The summed E-state index contributed by atoms with van der Waals surface area (Å²) >= 11 is 6.79. The smallest absolute Gasteiger partial charge is 0.291 e. The Labute approximate surface area is 142 Å². The largest absolute Gasteiger partial charge is 0.493 e. The van der Waals surface area contributed by atoms with E-state index < -0.39 is 5.91 Å². The minimum absolute atomic E-state index is 0.164. The Morgan fingerprint density at radius 1 is 1.35 bits per heavy atom. The van der Waals surface area contributed by atoms with Crippen LogP contribution in [0.2, 0.25) is 5.02 Å². The van der Waals surface area contributed by atoms with Gasteiger partial charge in [0.2, 0.25) is 5.91 Å². The van der Waals surface area contributed by atoms with E-state index in [9.17, 15) is 9.59 Å². The van der Waals surface area contributed by atoms with Crippen molar-refractivity contribution in [3.8, 4) is 5.75 Å². The summed E-state index contributed by atoms with van der Waals surface area (Å²) in [6, 6.07) is 5.35. The molecule has 0 fully saturated rings. The lowest BCUT2D eigenvalue weighted by molar-refractivity contribution is -0.122. The maximum atomic E-state index is 11.6. The highest BCUT2D eigenvalue weighted by atomic mass is 35.5. The predicted molar refractivity (Wildman–Crippen MR) is 86.4 cm³/mol. The molecular weight excluding hydrogens is 340 g/mol. The molecule has 0 atom stereocenters. The van der Waals surface area contributed by atoms with Crippen LogP contribution in [0, 0.1) is 6.92 Å². The molecule has 2 amide bonds. The minimum Gasteiger partial charge on any atom is -0.493 e. The van der Waals surface area contributed by atoms with E-state index in [1.807, 2.05) is 13.0 Å². The van der Waals surface area contributed by atoms with Crippen LogP contribution in [0.25, 0.3) is 0 Å². The van der Waals surface area contributed by atoms with Gasteiger partial charge in [0.05, 0.1) is 24.5 Å². The van der Waals surface area contributed by atoms with Crippen molar-refractivity contribution in [2.75, 3.05) is 6.61 Å². The van der Waals surface area contributed by atoms with E-state index in [4.69, 9.17) is 16.3 Å². The molecule has 0 aliphatic rings. The molecule has 0 saturated carbocycles. The van der Waals surface area contributed by atoms with Gasteiger partial charge in [-0.1, -0.05) is 11.6 Å². The van der Waals surface area contributed by atoms with Crippen molar-refractivity contribution in [2.45, 2.75) is 19.8 Å². The molecule has 23 heavy (non-hydrogen) atoms. The van der Waals surface area contributed by atoms with Gasteiger partial charge in [0, 0.05) is 11.4 Å². The maximum absolute atomic E-state index is 11.6. The van der Waals surface area contributed by atoms with Gasteiger partial charge in [-0.05, 0) is 37.1 Å². The Balaban J connectivity index is 1.64. The zero-order chi connectivity index (χ0) is 16.7. The fraction of sp³-hybridized carbons (Fsp3) is 0.286. The van der Waals surface area contributed by atoms with E-state index in [0.717, 1.165) is 23.0 Å². The highest BCUT2D eigenvalue weighted by Crippen LogP contribution is 2.21. The molecule has 0 spiro atoms. The quantitative estimate of drug-likeness (QED) is 0.612. The first-order valence-electron chi connectivity index (χ1n) is 6.82. The summed E-state index contributed by atoms with van der Waals surface area (Å²) in [5, 5.41) is 0.653. The zero-order valence-corrected chi connectivity index (χ0v) is 13.9. The third-order valence-electron chi connectivity index (χ3n) is 2.85. The molecule has 0 saturated heterocycles. The second-order valence-corrected chi connectivity index (χ2v) is 5.65. The molecule has 2 rings (SSSR count). The maximum Gasteiger partial charge on any atom is 0.291 e. The van der Waals surface area contributed by atoms with Crippen LogP contribution in [-0.4, -0.2) is 27.2 Å². The molecule has 9 heteroatoms. The third-order valence-corrected chi connectivity index (χ3v) is 3.57. The summed E-state index contributed by atoms with van der Waals surface area (Å²) < 4.78 is 13.0. The number of hydrazine groups is 1. The Morgan fingerprint density at radius 2 is 2.17 bits per heavy atom. The lowest BCUT2D eigenvalue weighted by Crippen LogP contribution is -2.41. The number of aryl methyl sites for hydroxylation is 1. The van der Waals surface area contributed by atoms with Crippen LogP contribution in [0.3, 0.4) is 0 Å². The Kier molecular flexibility index (Phi) is 6.30. The van der Waals surface area contributed by atoms with Gasteiger partial charge in [0.1, 0.15) is 5.75 Å². The lowest BCUT2D eigenvalue weighted by Gasteiger charge is -2.09. The minimum atomic E-state index is -0.500. The number of aromatic nitrogens is 2. The summed E-state index contributed by atoms with van der Waals surface area (Å²) in [6.07, 6.45) is 2.07. The van der Waals surface area contributed by atoms with E-state index in [0.29, 0.717) is 18.1 Å². The van der Waals surface area contributed by atoms with Crippen molar-refractivity contribution in [3.63, 3.8) is 0 Å². The number of carbonyl (C=O) groups is 2. The monoisotopic (exact) mass is 354 g/mol. The summed E-state index contributed by atoms with van der Waals surface area (Å²) in [4.78, 5) is 23.1. The second-order valence-electron chi connectivity index (χ2n) is 4.66. The van der Waals surface area contributed by atoms with Gasteiger partial charge in [-0.25, -0.2) is 0 Å². The molecule has 0 unspecified atom stereocenters. The number of hydrogen-bond donors (Lipinski definition) is 2. The first kappa shape index (κ1) is 17.2. The number of ether oxygens (including phenoxy) is 1. The molecule has 0 aliphatic carbocycles. The Morgan fingerprint density at radius 3 is 2.87 bits per heavy atom. The highest BCUT2D eigenvalue weighted by Gasteiger charge is 2.09. The SMILES string of the molecule is Cc1cc(Cl)ccc1OCCCC(=O)NNC(=O)c1cnsn1. The van der Waals surface area contributed by atoms with Crippen molar-refractivity contribution in [3.05, 3.63) is 40.7 Å². The summed E-state index contributed by atoms with van der Waals surface area (Å²) in [5.74, 6) is -0.0720. The van der Waals surface area contributed by atoms with Crippen LogP contribution in [-0.2, 0) is 4.79 Å². The molecule has 1 heterocycles. The number of amides is 2. The Bertz CT molecular complexity index is 679. The normalized spacial score (nSPS) is 10.2. The zero-order valence-electron chi connectivity index (χ0n) is 12.3. The summed E-state index contributed by atoms with van der Waals surface area (Å²) in [5.41, 5.74) is 5.68. The van der Waals surface area contributed by atoms with Gasteiger partial charge >= 0.3 is 0 Å². The van der Waals surface area contributed by atoms with Crippen molar-refractivity contribution in [2.24, 2.45) is 0 Å². The Hall–Kier alpha value is -2.19. The first-order chi connectivity index (χ1) is 11.1. The highest BCUT2D eigenvalue weighted by molar-refractivity contribution is 6.99. The molecule has 1 aromatic carbocycles.